The molecule has 0 unspecified atom stereocenters. The fourth-order valence-corrected chi connectivity index (χ4v) is 2.47. The third-order valence-corrected chi connectivity index (χ3v) is 4.12. The van der Waals surface area contributed by atoms with Gasteiger partial charge in [-0.2, -0.15) is 0 Å². The van der Waals surface area contributed by atoms with Gasteiger partial charge in [-0.05, 0) is 43.9 Å². The molecule has 2 saturated carbocycles. The van der Waals surface area contributed by atoms with Gasteiger partial charge in [-0.1, -0.05) is 13.8 Å². The van der Waals surface area contributed by atoms with E-state index >= 15 is 0 Å². The van der Waals surface area contributed by atoms with Crippen LogP contribution in [0.5, 0.6) is 0 Å². The molecule has 2 aliphatic rings. The summed E-state index contributed by atoms with van der Waals surface area (Å²) in [6.07, 6.45) is 5.83. The van der Waals surface area contributed by atoms with Gasteiger partial charge in [0.2, 0.25) is 0 Å². The molecule has 2 N–H and O–H groups in total. The first-order valence-electron chi connectivity index (χ1n) is 6.05. The van der Waals surface area contributed by atoms with E-state index in [1.165, 1.54) is 19.3 Å². The minimum Gasteiger partial charge on any atom is -0.389 e. The van der Waals surface area contributed by atoms with Crippen LogP contribution in [0.3, 0.4) is 0 Å². The molecule has 0 atom stereocenters. The second-order valence-electron chi connectivity index (χ2n) is 5.63. The zero-order valence-corrected chi connectivity index (χ0v) is 9.42. The standard InChI is InChI=1S/C12H23NO/c1-9(2)10-6-11(7-10)13-8-12(14)4-3-5-12/h9-11,13-14H,3-8H2,1-2H3. The predicted molar refractivity (Wildman–Crippen MR) is 58.2 cm³/mol. The molecule has 0 aromatic heterocycles. The Balaban J connectivity index is 1.60. The first kappa shape index (κ1) is 10.4. The molecule has 0 amide bonds. The van der Waals surface area contributed by atoms with Crippen molar-refractivity contribution >= 4 is 0 Å². The Hall–Kier alpha value is -0.0800. The molecular formula is C12H23NO. The number of hydrogen-bond donors (Lipinski definition) is 2. The first-order chi connectivity index (χ1) is 6.59. The highest BCUT2D eigenvalue weighted by molar-refractivity contribution is 4.93. The van der Waals surface area contributed by atoms with Crippen LogP contribution in [0.15, 0.2) is 0 Å². The number of nitrogens with one attached hydrogen (secondary N) is 1. The van der Waals surface area contributed by atoms with Crippen LogP contribution in [0, 0.1) is 11.8 Å². The first-order valence-corrected chi connectivity index (χ1v) is 6.05. The maximum atomic E-state index is 9.89. The fourth-order valence-electron chi connectivity index (χ4n) is 2.47. The van der Waals surface area contributed by atoms with Crippen molar-refractivity contribution in [2.24, 2.45) is 11.8 Å². The molecule has 2 heteroatoms. The summed E-state index contributed by atoms with van der Waals surface area (Å²) in [5.74, 6) is 1.75. The fraction of sp³-hybridized carbons (Fsp3) is 1.00. The summed E-state index contributed by atoms with van der Waals surface area (Å²) < 4.78 is 0. The van der Waals surface area contributed by atoms with Crippen LogP contribution in [0.1, 0.15) is 46.0 Å². The van der Waals surface area contributed by atoms with Crippen molar-refractivity contribution in [2.75, 3.05) is 6.54 Å². The van der Waals surface area contributed by atoms with E-state index in [2.05, 4.69) is 19.2 Å². The minimum atomic E-state index is -0.344. The number of aliphatic hydroxyl groups is 1. The van der Waals surface area contributed by atoms with Crippen LogP contribution in [0.4, 0.5) is 0 Å². The molecular weight excluding hydrogens is 174 g/mol. The highest BCUT2D eigenvalue weighted by atomic mass is 16.3. The topological polar surface area (TPSA) is 32.3 Å². The largest absolute Gasteiger partial charge is 0.389 e. The SMILES string of the molecule is CC(C)C1CC(NCC2(O)CCC2)C1. The molecule has 14 heavy (non-hydrogen) atoms. The molecule has 0 spiro atoms. The van der Waals surface area contributed by atoms with E-state index in [9.17, 15) is 5.11 Å². The van der Waals surface area contributed by atoms with Crippen molar-refractivity contribution in [1.82, 2.24) is 5.32 Å². The Morgan fingerprint density at radius 1 is 1.36 bits per heavy atom. The molecule has 0 bridgehead atoms. The molecule has 2 rings (SSSR count). The highest BCUT2D eigenvalue weighted by Crippen LogP contribution is 2.35. The van der Waals surface area contributed by atoms with E-state index in [1.54, 1.807) is 0 Å². The number of hydrogen-bond acceptors (Lipinski definition) is 2. The van der Waals surface area contributed by atoms with E-state index in [4.69, 9.17) is 0 Å². The highest BCUT2D eigenvalue weighted by Gasteiger charge is 2.37. The van der Waals surface area contributed by atoms with Gasteiger partial charge >= 0.3 is 0 Å². The Kier molecular flexibility index (Phi) is 2.85. The van der Waals surface area contributed by atoms with Crippen LogP contribution in [-0.2, 0) is 0 Å². The average molecular weight is 197 g/mol. The Bertz CT molecular complexity index is 192. The smallest absolute Gasteiger partial charge is 0.0771 e. The van der Waals surface area contributed by atoms with E-state index in [0.29, 0.717) is 6.04 Å². The van der Waals surface area contributed by atoms with Crippen molar-refractivity contribution in [1.29, 1.82) is 0 Å². The van der Waals surface area contributed by atoms with Gasteiger partial charge in [0.15, 0.2) is 0 Å². The van der Waals surface area contributed by atoms with Crippen LogP contribution >= 0.6 is 0 Å². The quantitative estimate of drug-likeness (QED) is 0.721. The molecule has 2 fully saturated rings. The summed E-state index contributed by atoms with van der Waals surface area (Å²) in [5.41, 5.74) is -0.344. The van der Waals surface area contributed by atoms with Gasteiger partial charge in [-0.25, -0.2) is 0 Å². The molecule has 0 saturated heterocycles. The van der Waals surface area contributed by atoms with Gasteiger partial charge in [0.05, 0.1) is 5.60 Å². The second-order valence-corrected chi connectivity index (χ2v) is 5.63. The number of rotatable bonds is 4. The van der Waals surface area contributed by atoms with Crippen molar-refractivity contribution in [3.8, 4) is 0 Å². The van der Waals surface area contributed by atoms with E-state index in [-0.39, 0.29) is 5.60 Å². The van der Waals surface area contributed by atoms with E-state index in [1.807, 2.05) is 0 Å². The third-order valence-electron chi connectivity index (χ3n) is 4.12. The lowest BCUT2D eigenvalue weighted by Gasteiger charge is -2.43. The average Bonchev–Trinajstić information content (AvgIpc) is 1.97. The van der Waals surface area contributed by atoms with Gasteiger partial charge in [-0.15, -0.1) is 0 Å². The van der Waals surface area contributed by atoms with Crippen molar-refractivity contribution in [3.63, 3.8) is 0 Å². The summed E-state index contributed by atoms with van der Waals surface area (Å²) >= 11 is 0. The van der Waals surface area contributed by atoms with Crippen LogP contribution < -0.4 is 5.32 Å². The summed E-state index contributed by atoms with van der Waals surface area (Å²) in [5, 5.41) is 13.4. The maximum absolute atomic E-state index is 9.89. The molecule has 2 nitrogen and oxygen atoms in total. The lowest BCUT2D eigenvalue weighted by atomic mass is 9.73. The summed E-state index contributed by atoms with van der Waals surface area (Å²) in [6.45, 7) is 5.43. The zero-order chi connectivity index (χ0) is 10.2. The van der Waals surface area contributed by atoms with Crippen LogP contribution in [0.25, 0.3) is 0 Å². The molecule has 82 valence electrons. The van der Waals surface area contributed by atoms with Crippen LogP contribution in [-0.4, -0.2) is 23.3 Å². The third kappa shape index (κ3) is 2.12. The van der Waals surface area contributed by atoms with Gasteiger partial charge in [0.1, 0.15) is 0 Å². The van der Waals surface area contributed by atoms with Crippen molar-refractivity contribution in [3.05, 3.63) is 0 Å². The summed E-state index contributed by atoms with van der Waals surface area (Å²) in [4.78, 5) is 0. The zero-order valence-electron chi connectivity index (χ0n) is 9.42. The molecule has 0 aromatic rings. The molecule has 0 radical (unpaired) electrons. The van der Waals surface area contributed by atoms with Gasteiger partial charge < -0.3 is 10.4 Å². The lowest BCUT2D eigenvalue weighted by Crippen LogP contribution is -2.52. The van der Waals surface area contributed by atoms with Gasteiger partial charge in [0, 0.05) is 12.6 Å². The molecule has 2 aliphatic carbocycles. The summed E-state index contributed by atoms with van der Waals surface area (Å²) in [6, 6.07) is 0.687. The maximum Gasteiger partial charge on any atom is 0.0771 e. The normalized spacial score (nSPS) is 35.1. The van der Waals surface area contributed by atoms with Crippen molar-refractivity contribution < 1.29 is 5.11 Å². The van der Waals surface area contributed by atoms with Crippen LogP contribution in [0.2, 0.25) is 0 Å². The molecule has 0 heterocycles. The Morgan fingerprint density at radius 3 is 2.43 bits per heavy atom. The van der Waals surface area contributed by atoms with E-state index in [0.717, 1.165) is 31.2 Å². The second kappa shape index (κ2) is 3.82. The molecule has 0 aliphatic heterocycles. The minimum absolute atomic E-state index is 0.344. The molecule has 0 aromatic carbocycles. The Labute approximate surface area is 87.1 Å². The van der Waals surface area contributed by atoms with Gasteiger partial charge in [-0.3, -0.25) is 0 Å². The lowest BCUT2D eigenvalue weighted by molar-refractivity contribution is -0.0373. The van der Waals surface area contributed by atoms with E-state index < -0.39 is 0 Å². The van der Waals surface area contributed by atoms with Crippen molar-refractivity contribution in [2.45, 2.75) is 57.6 Å². The predicted octanol–water partition coefficient (Wildman–Crippen LogP) is 1.93. The Morgan fingerprint density at radius 2 is 2.00 bits per heavy atom. The summed E-state index contributed by atoms with van der Waals surface area (Å²) in [7, 11) is 0. The van der Waals surface area contributed by atoms with Gasteiger partial charge in [0.25, 0.3) is 0 Å². The monoisotopic (exact) mass is 197 g/mol.